The minimum absolute atomic E-state index is 0.188. The van der Waals surface area contributed by atoms with Crippen LogP contribution in [0.5, 0.6) is 0 Å². The molecule has 2 aromatic carbocycles. The first-order chi connectivity index (χ1) is 14.2. The van der Waals surface area contributed by atoms with Gasteiger partial charge in [-0.3, -0.25) is 4.57 Å². The molecule has 3 nitrogen and oxygen atoms in total. The first-order valence-corrected chi connectivity index (χ1v) is 9.52. The van der Waals surface area contributed by atoms with Gasteiger partial charge in [-0.25, -0.2) is 0 Å². The second kappa shape index (κ2) is 7.96. The molecule has 0 fully saturated rings. The Bertz CT molecular complexity index is 909. The van der Waals surface area contributed by atoms with Gasteiger partial charge in [-0.1, -0.05) is 0 Å². The van der Waals surface area contributed by atoms with E-state index in [0.29, 0.717) is 0 Å². The molecule has 0 radical (unpaired) electrons. The Labute approximate surface area is 170 Å². The maximum atomic E-state index is 13.1. The quantitative estimate of drug-likeness (QED) is 0.307. The van der Waals surface area contributed by atoms with E-state index in [4.69, 9.17) is 0 Å². The van der Waals surface area contributed by atoms with Gasteiger partial charge in [0.15, 0.2) is 0 Å². The van der Waals surface area contributed by atoms with Crippen LogP contribution in [-0.4, -0.2) is 5.21 Å². The molecule has 0 unspecified atom stereocenters. The van der Waals surface area contributed by atoms with E-state index in [1.807, 2.05) is 0 Å². The third kappa shape index (κ3) is 5.38. The Morgan fingerprint density at radius 2 is 0.750 bits per heavy atom. The minimum Gasteiger partial charge on any atom is -0.310 e. The van der Waals surface area contributed by atoms with E-state index < -0.39 is 77.0 Å². The molecular formula is C16H8F12NO2P. The summed E-state index contributed by atoms with van der Waals surface area (Å²) in [5, 5.41) is 6.98. The molecule has 0 aliphatic rings. The molecule has 0 aromatic heterocycles. The van der Waals surface area contributed by atoms with Crippen LogP contribution in [0.25, 0.3) is 0 Å². The van der Waals surface area contributed by atoms with Crippen LogP contribution in [0.4, 0.5) is 52.7 Å². The van der Waals surface area contributed by atoms with Crippen molar-refractivity contribution in [2.45, 2.75) is 24.7 Å². The standard InChI is InChI=1S/C16H8F12NO2P/c17-13(18,19)7-1-8(14(20,21)22)4-11(3-7)32(31,29-30)12-5-9(15(23,24)25)2-10(6-12)16(26,27)28/h1-6,30H,(H,29,31). The van der Waals surface area contributed by atoms with Gasteiger partial charge in [-0.15, -0.1) is 5.25 Å². The number of alkyl halides is 12. The molecule has 0 atom stereocenters. The van der Waals surface area contributed by atoms with Crippen LogP contribution in [0.3, 0.4) is 0 Å². The lowest BCUT2D eigenvalue weighted by atomic mass is 10.1. The normalized spacial score (nSPS) is 14.0. The summed E-state index contributed by atoms with van der Waals surface area (Å²) in [6, 6.07) is -1.56. The van der Waals surface area contributed by atoms with Crippen molar-refractivity contribution in [2.24, 2.45) is 0 Å². The van der Waals surface area contributed by atoms with Gasteiger partial charge < -0.3 is 5.21 Å². The largest absolute Gasteiger partial charge is 0.416 e. The fourth-order valence-corrected chi connectivity index (χ4v) is 4.32. The molecule has 0 spiro atoms. The van der Waals surface area contributed by atoms with Gasteiger partial charge in [0.2, 0.25) is 7.29 Å². The highest BCUT2D eigenvalue weighted by Crippen LogP contribution is 2.45. The van der Waals surface area contributed by atoms with E-state index in [0.717, 1.165) is 5.25 Å². The molecule has 16 heteroatoms. The molecule has 0 aliphatic heterocycles. The van der Waals surface area contributed by atoms with Crippen molar-refractivity contribution in [3.63, 3.8) is 0 Å². The van der Waals surface area contributed by atoms with Crippen LogP contribution in [0, 0.1) is 0 Å². The average molecular weight is 505 g/mol. The van der Waals surface area contributed by atoms with Gasteiger partial charge in [0.25, 0.3) is 0 Å². The molecule has 0 saturated carbocycles. The third-order valence-electron chi connectivity index (χ3n) is 4.01. The monoisotopic (exact) mass is 505 g/mol. The molecule has 0 heterocycles. The van der Waals surface area contributed by atoms with Crippen molar-refractivity contribution in [1.82, 2.24) is 5.25 Å². The van der Waals surface area contributed by atoms with Crippen LogP contribution in [0.15, 0.2) is 36.4 Å². The number of hydrogen-bond donors (Lipinski definition) is 2. The first kappa shape index (κ1) is 26.0. The van der Waals surface area contributed by atoms with E-state index in [2.05, 4.69) is 0 Å². The Balaban J connectivity index is 2.92. The molecule has 0 aliphatic carbocycles. The zero-order chi connectivity index (χ0) is 24.9. The van der Waals surface area contributed by atoms with Crippen molar-refractivity contribution in [3.05, 3.63) is 58.7 Å². The summed E-state index contributed by atoms with van der Waals surface area (Å²) in [7, 11) is -5.49. The highest BCUT2D eigenvalue weighted by atomic mass is 31.2. The van der Waals surface area contributed by atoms with Gasteiger partial charge in [-0.05, 0) is 36.4 Å². The molecular weight excluding hydrogens is 497 g/mol. The van der Waals surface area contributed by atoms with E-state index in [-0.39, 0.29) is 24.3 Å². The summed E-state index contributed by atoms with van der Waals surface area (Å²) in [6.45, 7) is 0. The molecule has 2 aromatic rings. The number of rotatable bonds is 3. The fourth-order valence-electron chi connectivity index (χ4n) is 2.51. The predicted molar refractivity (Wildman–Crippen MR) is 84.7 cm³/mol. The van der Waals surface area contributed by atoms with Crippen LogP contribution in [-0.2, 0) is 29.3 Å². The molecule has 0 bridgehead atoms. The maximum absolute atomic E-state index is 13.1. The SMILES string of the molecule is O=P(NO)(c1cc(C(F)(F)F)cc(C(F)(F)F)c1)c1cc(C(F)(F)F)cc(C(F)(F)F)c1. The molecule has 2 rings (SSSR count). The Hall–Kier alpha value is -2.25. The van der Waals surface area contributed by atoms with E-state index in [1.54, 1.807) is 0 Å². The summed E-state index contributed by atoms with van der Waals surface area (Å²) in [6.07, 6.45) is -21.9. The Kier molecular flexibility index (Phi) is 6.47. The highest BCUT2D eigenvalue weighted by Gasteiger charge is 2.42. The van der Waals surface area contributed by atoms with E-state index in [1.165, 1.54) is 0 Å². The summed E-state index contributed by atoms with van der Waals surface area (Å²) >= 11 is 0. The zero-order valence-corrected chi connectivity index (χ0v) is 15.7. The van der Waals surface area contributed by atoms with Gasteiger partial charge in [-0.2, -0.15) is 52.7 Å². The second-order valence-corrected chi connectivity index (χ2v) is 8.69. The van der Waals surface area contributed by atoms with E-state index in [9.17, 15) is 62.5 Å². The topological polar surface area (TPSA) is 49.3 Å². The van der Waals surface area contributed by atoms with Gasteiger partial charge >= 0.3 is 24.7 Å². The molecule has 2 N–H and O–H groups in total. The molecule has 0 amide bonds. The van der Waals surface area contributed by atoms with Gasteiger partial charge in [0.1, 0.15) is 0 Å². The Morgan fingerprint density at radius 3 is 0.906 bits per heavy atom. The lowest BCUT2D eigenvalue weighted by Crippen LogP contribution is -2.29. The second-order valence-electron chi connectivity index (χ2n) is 6.24. The summed E-state index contributed by atoms with van der Waals surface area (Å²) in [4.78, 5) is 0. The minimum atomic E-state index is -5.49. The van der Waals surface area contributed by atoms with Crippen LogP contribution >= 0.6 is 7.29 Å². The van der Waals surface area contributed by atoms with Crippen molar-refractivity contribution in [3.8, 4) is 0 Å². The zero-order valence-electron chi connectivity index (χ0n) is 14.8. The average Bonchev–Trinajstić information content (AvgIpc) is 2.63. The first-order valence-electron chi connectivity index (χ1n) is 7.81. The van der Waals surface area contributed by atoms with Crippen LogP contribution in [0.1, 0.15) is 22.3 Å². The number of nitrogens with one attached hydrogen (secondary N) is 1. The van der Waals surface area contributed by atoms with Crippen molar-refractivity contribution in [2.75, 3.05) is 0 Å². The number of hydrogen-bond acceptors (Lipinski definition) is 2. The smallest absolute Gasteiger partial charge is 0.310 e. The van der Waals surface area contributed by atoms with Crippen molar-refractivity contribution < 1.29 is 62.5 Å². The van der Waals surface area contributed by atoms with Crippen LogP contribution < -0.4 is 15.9 Å². The summed E-state index contributed by atoms with van der Waals surface area (Å²) in [5.41, 5.74) is -8.22. The predicted octanol–water partition coefficient (Wildman–Crippen LogP) is 5.97. The lowest BCUT2D eigenvalue weighted by Gasteiger charge is -2.22. The number of halogens is 12. The van der Waals surface area contributed by atoms with Gasteiger partial charge in [0, 0.05) is 10.6 Å². The highest BCUT2D eigenvalue weighted by molar-refractivity contribution is 7.76. The summed E-state index contributed by atoms with van der Waals surface area (Å²) in [5.74, 6) is 0. The van der Waals surface area contributed by atoms with E-state index >= 15 is 0 Å². The Morgan fingerprint density at radius 1 is 0.531 bits per heavy atom. The van der Waals surface area contributed by atoms with Crippen LogP contribution in [0.2, 0.25) is 0 Å². The maximum Gasteiger partial charge on any atom is 0.416 e. The molecule has 178 valence electrons. The lowest BCUT2D eigenvalue weighted by molar-refractivity contribution is -0.144. The molecule has 32 heavy (non-hydrogen) atoms. The van der Waals surface area contributed by atoms with Gasteiger partial charge in [0.05, 0.1) is 22.3 Å². The molecule has 0 saturated heterocycles. The van der Waals surface area contributed by atoms with Crippen molar-refractivity contribution in [1.29, 1.82) is 0 Å². The number of benzene rings is 2. The third-order valence-corrected chi connectivity index (χ3v) is 6.27. The van der Waals surface area contributed by atoms with Crippen molar-refractivity contribution >= 4 is 17.9 Å². The summed E-state index contributed by atoms with van der Waals surface area (Å²) < 4.78 is 169. The fraction of sp³-hybridized carbons (Fsp3) is 0.250.